The zero-order valence-corrected chi connectivity index (χ0v) is 8.95. The van der Waals surface area contributed by atoms with Crippen molar-refractivity contribution in [2.75, 3.05) is 0 Å². The lowest BCUT2D eigenvalue weighted by molar-refractivity contribution is -0.137. The summed E-state index contributed by atoms with van der Waals surface area (Å²) in [5.41, 5.74) is 0. The Morgan fingerprint density at radius 3 is 2.60 bits per heavy atom. The van der Waals surface area contributed by atoms with Gasteiger partial charge in [-0.2, -0.15) is 0 Å². The highest BCUT2D eigenvalue weighted by atomic mass is 16.4. The molecule has 0 aromatic carbocycles. The highest BCUT2D eigenvalue weighted by molar-refractivity contribution is 5.77. The van der Waals surface area contributed by atoms with E-state index in [-0.39, 0.29) is 24.5 Å². The van der Waals surface area contributed by atoms with Gasteiger partial charge in [0.1, 0.15) is 0 Å². The number of hydrogen-bond acceptors (Lipinski definition) is 2. The first-order valence-electron chi connectivity index (χ1n) is 5.38. The van der Waals surface area contributed by atoms with Crippen molar-refractivity contribution in [1.29, 1.82) is 0 Å². The lowest BCUT2D eigenvalue weighted by Crippen LogP contribution is -2.30. The van der Waals surface area contributed by atoms with Gasteiger partial charge in [0.25, 0.3) is 0 Å². The second kappa shape index (κ2) is 5.58. The van der Waals surface area contributed by atoms with Crippen LogP contribution in [0.5, 0.6) is 0 Å². The zero-order chi connectivity index (χ0) is 11.3. The van der Waals surface area contributed by atoms with Crippen LogP contribution in [-0.2, 0) is 4.79 Å². The second-order valence-corrected chi connectivity index (χ2v) is 4.01. The third-order valence-corrected chi connectivity index (χ3v) is 2.68. The fourth-order valence-electron chi connectivity index (χ4n) is 1.78. The van der Waals surface area contributed by atoms with E-state index >= 15 is 0 Å². The summed E-state index contributed by atoms with van der Waals surface area (Å²) in [6, 6.07) is 0.275. The Labute approximate surface area is 89.2 Å². The first-order valence-corrected chi connectivity index (χ1v) is 5.38. The van der Waals surface area contributed by atoms with E-state index in [2.05, 4.69) is 10.6 Å². The molecule has 1 heterocycles. The van der Waals surface area contributed by atoms with Crippen LogP contribution in [0.4, 0.5) is 4.79 Å². The van der Waals surface area contributed by atoms with Crippen molar-refractivity contribution in [3.8, 4) is 0 Å². The molecule has 0 saturated carbocycles. The van der Waals surface area contributed by atoms with Crippen LogP contribution in [0.3, 0.4) is 0 Å². The van der Waals surface area contributed by atoms with Gasteiger partial charge in [-0.1, -0.05) is 12.8 Å². The van der Waals surface area contributed by atoms with Crippen LogP contribution in [0.1, 0.15) is 39.0 Å². The van der Waals surface area contributed by atoms with Gasteiger partial charge < -0.3 is 15.7 Å². The Morgan fingerprint density at radius 1 is 1.33 bits per heavy atom. The van der Waals surface area contributed by atoms with Gasteiger partial charge in [0, 0.05) is 12.5 Å². The van der Waals surface area contributed by atoms with Crippen molar-refractivity contribution in [3.05, 3.63) is 0 Å². The predicted octanol–water partition coefficient (Wildman–Crippen LogP) is 1.09. The average Bonchev–Trinajstić information content (AvgIpc) is 2.44. The zero-order valence-electron chi connectivity index (χ0n) is 8.95. The van der Waals surface area contributed by atoms with Crippen molar-refractivity contribution >= 4 is 12.0 Å². The molecule has 15 heavy (non-hydrogen) atoms. The van der Waals surface area contributed by atoms with Crippen molar-refractivity contribution in [2.24, 2.45) is 0 Å². The van der Waals surface area contributed by atoms with Crippen LogP contribution in [0.2, 0.25) is 0 Å². The summed E-state index contributed by atoms with van der Waals surface area (Å²) in [5, 5.41) is 14.1. The smallest absolute Gasteiger partial charge is 0.315 e. The molecule has 0 aromatic heterocycles. The minimum atomic E-state index is -0.737. The molecule has 1 rings (SSSR count). The molecule has 1 fully saturated rings. The Morgan fingerprint density at radius 2 is 2.07 bits per heavy atom. The van der Waals surface area contributed by atoms with Gasteiger partial charge >= 0.3 is 12.0 Å². The summed E-state index contributed by atoms with van der Waals surface area (Å²) in [6.07, 6.45) is 3.75. The molecule has 1 saturated heterocycles. The molecule has 5 nitrogen and oxygen atoms in total. The number of carboxylic acid groups (broad SMARTS) is 1. The topological polar surface area (TPSA) is 78.4 Å². The van der Waals surface area contributed by atoms with Gasteiger partial charge in [0.15, 0.2) is 0 Å². The van der Waals surface area contributed by atoms with Crippen LogP contribution in [0.15, 0.2) is 0 Å². The third kappa shape index (κ3) is 4.18. The molecule has 1 unspecified atom stereocenters. The highest BCUT2D eigenvalue weighted by Crippen LogP contribution is 2.11. The fourth-order valence-corrected chi connectivity index (χ4v) is 1.78. The maximum atomic E-state index is 10.9. The molecule has 0 radical (unpaired) electrons. The summed E-state index contributed by atoms with van der Waals surface area (Å²) in [6.45, 7) is 1.97. The normalized spacial score (nSPS) is 24.7. The molecule has 2 atom stereocenters. The lowest BCUT2D eigenvalue weighted by atomic mass is 10.0. The van der Waals surface area contributed by atoms with Gasteiger partial charge in [-0.25, -0.2) is 4.79 Å². The van der Waals surface area contributed by atoms with Crippen molar-refractivity contribution in [2.45, 2.75) is 51.1 Å². The standard InChI is InChI=1S/C10H18N2O3/c1-7-8(12-10(15)11-7)5-3-2-4-6-9(13)14/h7-8H,2-6H2,1H3,(H,13,14)(H2,11,12,15)/t7?,8-/m1/s1. The molecule has 1 aliphatic rings. The maximum Gasteiger partial charge on any atom is 0.315 e. The molecular weight excluding hydrogens is 196 g/mol. The Balaban J connectivity index is 2.05. The Bertz CT molecular complexity index is 243. The molecule has 0 aromatic rings. The number of carbonyl (C=O) groups excluding carboxylic acids is 1. The van der Waals surface area contributed by atoms with E-state index in [1.165, 1.54) is 0 Å². The van der Waals surface area contributed by atoms with Crippen molar-refractivity contribution in [3.63, 3.8) is 0 Å². The second-order valence-electron chi connectivity index (χ2n) is 4.01. The monoisotopic (exact) mass is 214 g/mol. The predicted molar refractivity (Wildman–Crippen MR) is 55.6 cm³/mol. The van der Waals surface area contributed by atoms with Crippen molar-refractivity contribution in [1.82, 2.24) is 10.6 Å². The molecule has 1 aliphatic heterocycles. The van der Waals surface area contributed by atoms with Crippen LogP contribution in [0, 0.1) is 0 Å². The minimum Gasteiger partial charge on any atom is -0.481 e. The molecule has 0 aliphatic carbocycles. The molecule has 5 heteroatoms. The number of rotatable bonds is 6. The van der Waals surface area contributed by atoms with E-state index in [4.69, 9.17) is 5.11 Å². The maximum absolute atomic E-state index is 10.9. The Kier molecular flexibility index (Phi) is 4.39. The van der Waals surface area contributed by atoms with Gasteiger partial charge in [-0.15, -0.1) is 0 Å². The molecule has 2 amide bonds. The fraction of sp³-hybridized carbons (Fsp3) is 0.800. The van der Waals surface area contributed by atoms with Crippen LogP contribution >= 0.6 is 0 Å². The van der Waals surface area contributed by atoms with Crippen LogP contribution < -0.4 is 10.6 Å². The summed E-state index contributed by atoms with van der Waals surface area (Å²) in [5.74, 6) is -0.737. The number of aliphatic carboxylic acids is 1. The summed E-state index contributed by atoms with van der Waals surface area (Å²) in [7, 11) is 0. The largest absolute Gasteiger partial charge is 0.481 e. The lowest BCUT2D eigenvalue weighted by Gasteiger charge is -2.13. The molecule has 3 N–H and O–H groups in total. The number of carbonyl (C=O) groups is 2. The number of hydrogen-bond donors (Lipinski definition) is 3. The summed E-state index contributed by atoms with van der Waals surface area (Å²) >= 11 is 0. The number of carboxylic acids is 1. The van der Waals surface area contributed by atoms with E-state index in [0.29, 0.717) is 0 Å². The first-order chi connectivity index (χ1) is 7.09. The molecule has 0 bridgehead atoms. The van der Waals surface area contributed by atoms with E-state index in [0.717, 1.165) is 25.7 Å². The molecule has 86 valence electrons. The van der Waals surface area contributed by atoms with Gasteiger partial charge in [0.05, 0.1) is 6.04 Å². The van der Waals surface area contributed by atoms with E-state index in [1.807, 2.05) is 6.92 Å². The van der Waals surface area contributed by atoms with Crippen LogP contribution in [0.25, 0.3) is 0 Å². The summed E-state index contributed by atoms with van der Waals surface area (Å²) in [4.78, 5) is 21.2. The number of amides is 2. The highest BCUT2D eigenvalue weighted by Gasteiger charge is 2.26. The van der Waals surface area contributed by atoms with E-state index < -0.39 is 5.97 Å². The van der Waals surface area contributed by atoms with E-state index in [1.54, 1.807) is 0 Å². The summed E-state index contributed by atoms with van der Waals surface area (Å²) < 4.78 is 0. The third-order valence-electron chi connectivity index (χ3n) is 2.68. The number of urea groups is 1. The van der Waals surface area contributed by atoms with Gasteiger partial charge in [0.2, 0.25) is 0 Å². The number of unbranched alkanes of at least 4 members (excludes halogenated alkanes) is 2. The van der Waals surface area contributed by atoms with Gasteiger partial charge in [-0.05, 0) is 19.8 Å². The van der Waals surface area contributed by atoms with Crippen LogP contribution in [-0.4, -0.2) is 29.2 Å². The minimum absolute atomic E-state index is 0.0990. The first kappa shape index (κ1) is 11.8. The van der Waals surface area contributed by atoms with E-state index in [9.17, 15) is 9.59 Å². The molecule has 0 spiro atoms. The van der Waals surface area contributed by atoms with Gasteiger partial charge in [-0.3, -0.25) is 4.79 Å². The SMILES string of the molecule is CC1NC(=O)N[C@@H]1CCCCCC(=O)O. The average molecular weight is 214 g/mol. The van der Waals surface area contributed by atoms with Crippen molar-refractivity contribution < 1.29 is 14.7 Å². The quantitative estimate of drug-likeness (QED) is 0.579. The number of nitrogens with one attached hydrogen (secondary N) is 2. The Hall–Kier alpha value is -1.26. The molecular formula is C10H18N2O3.